The summed E-state index contributed by atoms with van der Waals surface area (Å²) in [7, 11) is 1.71. The summed E-state index contributed by atoms with van der Waals surface area (Å²) in [5.74, 6) is 1.72. The third-order valence-corrected chi connectivity index (χ3v) is 4.61. The number of hydrogen-bond acceptors (Lipinski definition) is 2. The molecule has 1 aromatic rings. The van der Waals surface area contributed by atoms with Crippen LogP contribution in [0.1, 0.15) is 52.0 Å². The quantitative estimate of drug-likeness (QED) is 0.880. The molecule has 1 saturated carbocycles. The zero-order valence-electron chi connectivity index (χ0n) is 13.4. The van der Waals surface area contributed by atoms with Crippen LogP contribution in [-0.4, -0.2) is 13.2 Å². The molecule has 2 heteroatoms. The van der Waals surface area contributed by atoms with Crippen molar-refractivity contribution < 1.29 is 4.74 Å². The fourth-order valence-corrected chi connectivity index (χ4v) is 3.40. The van der Waals surface area contributed by atoms with Crippen LogP contribution in [0, 0.1) is 11.3 Å². The van der Waals surface area contributed by atoms with E-state index < -0.39 is 0 Å². The summed E-state index contributed by atoms with van der Waals surface area (Å²) in [6, 6.07) is 9.05. The molecule has 0 bridgehead atoms. The summed E-state index contributed by atoms with van der Waals surface area (Å²) >= 11 is 0. The number of rotatable bonds is 4. The van der Waals surface area contributed by atoms with Crippen molar-refractivity contribution in [2.45, 2.75) is 59.0 Å². The van der Waals surface area contributed by atoms with Gasteiger partial charge in [-0.1, -0.05) is 45.7 Å². The predicted molar refractivity (Wildman–Crippen MR) is 85.0 cm³/mol. The van der Waals surface area contributed by atoms with Crippen molar-refractivity contribution in [1.82, 2.24) is 5.32 Å². The van der Waals surface area contributed by atoms with Gasteiger partial charge in [-0.2, -0.15) is 0 Å². The molecule has 0 aromatic heterocycles. The molecule has 2 nitrogen and oxygen atoms in total. The number of benzene rings is 1. The van der Waals surface area contributed by atoms with Crippen molar-refractivity contribution in [1.29, 1.82) is 0 Å². The molecule has 0 saturated heterocycles. The van der Waals surface area contributed by atoms with Crippen molar-refractivity contribution in [3.05, 3.63) is 29.8 Å². The summed E-state index contributed by atoms with van der Waals surface area (Å²) in [4.78, 5) is 0. The molecule has 2 rings (SSSR count). The number of nitrogens with one attached hydrogen (secondary N) is 1. The largest absolute Gasteiger partial charge is 0.497 e. The minimum absolute atomic E-state index is 0.401. The van der Waals surface area contributed by atoms with Crippen molar-refractivity contribution in [3.8, 4) is 5.75 Å². The Morgan fingerprint density at radius 3 is 2.35 bits per heavy atom. The average molecular weight is 275 g/mol. The molecular formula is C18H29NO. The molecule has 0 spiro atoms. The molecule has 1 aliphatic rings. The second-order valence-corrected chi connectivity index (χ2v) is 7.09. The lowest BCUT2D eigenvalue weighted by molar-refractivity contribution is 0.130. The van der Waals surface area contributed by atoms with Crippen molar-refractivity contribution >= 4 is 0 Å². The minimum Gasteiger partial charge on any atom is -0.497 e. The monoisotopic (exact) mass is 275 g/mol. The van der Waals surface area contributed by atoms with E-state index in [0.29, 0.717) is 11.5 Å². The molecule has 0 aliphatic heterocycles. The topological polar surface area (TPSA) is 21.3 Å². The summed E-state index contributed by atoms with van der Waals surface area (Å²) in [5.41, 5.74) is 1.74. The maximum absolute atomic E-state index is 5.20. The maximum atomic E-state index is 5.20. The third-order valence-electron chi connectivity index (χ3n) is 4.61. The first-order valence-corrected chi connectivity index (χ1v) is 7.87. The van der Waals surface area contributed by atoms with Gasteiger partial charge in [-0.25, -0.2) is 0 Å². The van der Waals surface area contributed by atoms with E-state index in [2.05, 4.69) is 38.2 Å². The van der Waals surface area contributed by atoms with Crippen molar-refractivity contribution in [3.63, 3.8) is 0 Å². The lowest BCUT2D eigenvalue weighted by atomic mass is 9.69. The van der Waals surface area contributed by atoms with Crippen LogP contribution in [0.2, 0.25) is 0 Å². The van der Waals surface area contributed by atoms with Crippen LogP contribution in [0.3, 0.4) is 0 Å². The highest BCUT2D eigenvalue weighted by Gasteiger charge is 2.33. The molecule has 2 unspecified atom stereocenters. The zero-order valence-corrected chi connectivity index (χ0v) is 13.4. The van der Waals surface area contributed by atoms with Crippen molar-refractivity contribution in [2.75, 3.05) is 7.11 Å². The van der Waals surface area contributed by atoms with E-state index in [1.807, 2.05) is 12.1 Å². The molecule has 1 fully saturated rings. The number of hydrogen-bond donors (Lipinski definition) is 1. The lowest BCUT2D eigenvalue weighted by Crippen LogP contribution is -2.43. The Labute approximate surface area is 123 Å². The molecule has 20 heavy (non-hydrogen) atoms. The Morgan fingerprint density at radius 2 is 1.75 bits per heavy atom. The Kier molecular flexibility index (Phi) is 5.09. The van der Waals surface area contributed by atoms with Gasteiger partial charge in [0.25, 0.3) is 0 Å². The molecular weight excluding hydrogens is 246 g/mol. The van der Waals surface area contributed by atoms with Gasteiger partial charge in [0.05, 0.1) is 7.11 Å². The highest BCUT2D eigenvalue weighted by Crippen LogP contribution is 2.38. The van der Waals surface area contributed by atoms with Gasteiger partial charge in [0, 0.05) is 12.6 Å². The van der Waals surface area contributed by atoms with Gasteiger partial charge in [0.1, 0.15) is 5.75 Å². The van der Waals surface area contributed by atoms with Crippen LogP contribution in [0.5, 0.6) is 5.75 Å². The van der Waals surface area contributed by atoms with E-state index in [0.717, 1.165) is 18.2 Å². The third kappa shape index (κ3) is 3.99. The summed E-state index contributed by atoms with van der Waals surface area (Å²) in [5, 5.41) is 3.79. The van der Waals surface area contributed by atoms with E-state index >= 15 is 0 Å². The maximum Gasteiger partial charge on any atom is 0.118 e. The van der Waals surface area contributed by atoms with E-state index in [-0.39, 0.29) is 0 Å². The molecule has 0 radical (unpaired) electrons. The van der Waals surface area contributed by atoms with Gasteiger partial charge in [-0.05, 0) is 41.9 Å². The Balaban J connectivity index is 1.93. The smallest absolute Gasteiger partial charge is 0.118 e. The van der Waals surface area contributed by atoms with Gasteiger partial charge in [-0.15, -0.1) is 0 Å². The van der Waals surface area contributed by atoms with Gasteiger partial charge >= 0.3 is 0 Å². The van der Waals surface area contributed by atoms with Crippen LogP contribution < -0.4 is 10.1 Å². The zero-order chi connectivity index (χ0) is 14.6. The second-order valence-electron chi connectivity index (χ2n) is 7.09. The first kappa shape index (κ1) is 15.4. The SMILES string of the molecule is COc1ccc(CNC2CCCCC2C(C)(C)C)cc1. The molecule has 1 aromatic carbocycles. The van der Waals surface area contributed by atoms with Crippen LogP contribution in [0.4, 0.5) is 0 Å². The molecule has 1 N–H and O–H groups in total. The van der Waals surface area contributed by atoms with Gasteiger partial charge < -0.3 is 10.1 Å². The molecule has 112 valence electrons. The van der Waals surface area contributed by atoms with Crippen LogP contribution in [-0.2, 0) is 6.54 Å². The van der Waals surface area contributed by atoms with Crippen LogP contribution in [0.25, 0.3) is 0 Å². The first-order chi connectivity index (χ1) is 9.50. The first-order valence-electron chi connectivity index (χ1n) is 7.87. The van der Waals surface area contributed by atoms with E-state index in [1.54, 1.807) is 7.11 Å². The van der Waals surface area contributed by atoms with Crippen LogP contribution in [0.15, 0.2) is 24.3 Å². The highest BCUT2D eigenvalue weighted by molar-refractivity contribution is 5.27. The molecule has 0 heterocycles. The average Bonchev–Trinajstić information content (AvgIpc) is 2.45. The fourth-order valence-electron chi connectivity index (χ4n) is 3.40. The minimum atomic E-state index is 0.401. The normalized spacial score (nSPS) is 23.6. The van der Waals surface area contributed by atoms with E-state index in [1.165, 1.54) is 31.2 Å². The second kappa shape index (κ2) is 6.62. The van der Waals surface area contributed by atoms with Gasteiger partial charge in [-0.3, -0.25) is 0 Å². The molecule has 2 atom stereocenters. The predicted octanol–water partition coefficient (Wildman–Crippen LogP) is 4.39. The van der Waals surface area contributed by atoms with Gasteiger partial charge in [0.2, 0.25) is 0 Å². The lowest BCUT2D eigenvalue weighted by Gasteiger charge is -2.41. The Hall–Kier alpha value is -1.02. The summed E-state index contributed by atoms with van der Waals surface area (Å²) in [6.07, 6.45) is 5.44. The van der Waals surface area contributed by atoms with Gasteiger partial charge in [0.15, 0.2) is 0 Å². The van der Waals surface area contributed by atoms with Crippen molar-refractivity contribution in [2.24, 2.45) is 11.3 Å². The Morgan fingerprint density at radius 1 is 1.10 bits per heavy atom. The summed E-state index contributed by atoms with van der Waals surface area (Å²) in [6.45, 7) is 8.10. The summed E-state index contributed by atoms with van der Waals surface area (Å²) < 4.78 is 5.20. The molecule has 0 amide bonds. The Bertz CT molecular complexity index is 404. The highest BCUT2D eigenvalue weighted by atomic mass is 16.5. The number of methoxy groups -OCH3 is 1. The number of ether oxygens (including phenoxy) is 1. The standard InChI is InChI=1S/C18H29NO/c1-18(2,3)16-7-5-6-8-17(16)19-13-14-9-11-15(20-4)12-10-14/h9-12,16-17,19H,5-8,13H2,1-4H3. The van der Waals surface area contributed by atoms with Crippen LogP contribution >= 0.6 is 0 Å². The van der Waals surface area contributed by atoms with E-state index in [9.17, 15) is 0 Å². The molecule has 1 aliphatic carbocycles. The fraction of sp³-hybridized carbons (Fsp3) is 0.667. The van der Waals surface area contributed by atoms with E-state index in [4.69, 9.17) is 4.74 Å².